The molecular formula is C31H40ClN5O4. The van der Waals surface area contributed by atoms with E-state index in [-0.39, 0.29) is 41.8 Å². The number of morpholine rings is 1. The summed E-state index contributed by atoms with van der Waals surface area (Å²) in [5, 5.41) is 15.2. The number of hydrogen-bond acceptors (Lipinski definition) is 8. The van der Waals surface area contributed by atoms with Crippen LogP contribution in [0.3, 0.4) is 0 Å². The van der Waals surface area contributed by atoms with Gasteiger partial charge in [0, 0.05) is 46.9 Å². The Morgan fingerprint density at radius 3 is 2.68 bits per heavy atom. The molecule has 0 aliphatic carbocycles. The van der Waals surface area contributed by atoms with Crippen molar-refractivity contribution in [1.29, 1.82) is 0 Å². The predicted octanol–water partition coefficient (Wildman–Crippen LogP) is 4.70. The number of benzene rings is 1. The largest absolute Gasteiger partial charge is 0.388 e. The summed E-state index contributed by atoms with van der Waals surface area (Å²) in [6, 6.07) is 6.26. The fourth-order valence-corrected chi connectivity index (χ4v) is 7.02. The highest BCUT2D eigenvalue weighted by Crippen LogP contribution is 2.35. The molecule has 2 N–H and O–H groups in total. The van der Waals surface area contributed by atoms with E-state index in [1.165, 1.54) is 0 Å². The zero-order valence-corrected chi connectivity index (χ0v) is 25.2. The number of aliphatic hydroxyl groups is 1. The average molecular weight is 582 g/mol. The van der Waals surface area contributed by atoms with E-state index in [0.29, 0.717) is 48.2 Å². The number of aliphatic hydroxyl groups excluding tert-OH is 1. The highest BCUT2D eigenvalue weighted by atomic mass is 35.5. The van der Waals surface area contributed by atoms with Crippen LogP contribution in [0.1, 0.15) is 64.3 Å². The van der Waals surface area contributed by atoms with Crippen LogP contribution in [0.4, 0.5) is 5.95 Å². The molecule has 6 rings (SSSR count). The van der Waals surface area contributed by atoms with Crippen LogP contribution in [-0.2, 0) is 16.0 Å². The molecule has 3 unspecified atom stereocenters. The van der Waals surface area contributed by atoms with Crippen molar-refractivity contribution in [2.24, 2.45) is 0 Å². The van der Waals surface area contributed by atoms with Gasteiger partial charge < -0.3 is 24.5 Å². The van der Waals surface area contributed by atoms with E-state index in [9.17, 15) is 9.90 Å². The molecule has 6 atom stereocenters. The molecule has 3 aliphatic heterocycles. The molecule has 2 bridgehead atoms. The van der Waals surface area contributed by atoms with Gasteiger partial charge in [0.1, 0.15) is 6.10 Å². The summed E-state index contributed by atoms with van der Waals surface area (Å²) in [5.74, 6) is 0.413. The van der Waals surface area contributed by atoms with Crippen molar-refractivity contribution >= 4 is 28.5 Å². The van der Waals surface area contributed by atoms with Gasteiger partial charge in [0.25, 0.3) is 0 Å². The number of nitrogens with one attached hydrogen (secondary N) is 1. The van der Waals surface area contributed by atoms with Crippen molar-refractivity contribution < 1.29 is 14.6 Å². The van der Waals surface area contributed by atoms with Gasteiger partial charge in [-0.3, -0.25) is 9.69 Å². The molecule has 10 heteroatoms. The molecule has 9 nitrogen and oxygen atoms in total. The third kappa shape index (κ3) is 5.27. The fraction of sp³-hybridized carbons (Fsp3) is 0.581. The third-order valence-electron chi connectivity index (χ3n) is 9.05. The lowest BCUT2D eigenvalue weighted by Crippen LogP contribution is -2.49. The smallest absolute Gasteiger partial charge is 0.223 e. The van der Waals surface area contributed by atoms with Crippen LogP contribution >= 0.6 is 11.6 Å². The molecule has 0 saturated carbocycles. The molecular weight excluding hydrogens is 542 g/mol. The summed E-state index contributed by atoms with van der Waals surface area (Å²) in [4.78, 5) is 25.3. The molecule has 3 aliphatic rings. The maximum atomic E-state index is 13.7. The van der Waals surface area contributed by atoms with Crippen LogP contribution in [0.15, 0.2) is 29.2 Å². The monoisotopic (exact) mass is 581 g/mol. The van der Waals surface area contributed by atoms with Crippen molar-refractivity contribution in [2.45, 2.75) is 103 Å². The average Bonchev–Trinajstić information content (AvgIpc) is 3.36. The van der Waals surface area contributed by atoms with Crippen LogP contribution < -0.4 is 10.7 Å². The van der Waals surface area contributed by atoms with E-state index < -0.39 is 6.10 Å². The Morgan fingerprint density at radius 1 is 1.20 bits per heavy atom. The van der Waals surface area contributed by atoms with Gasteiger partial charge in [-0.2, -0.15) is 0 Å². The molecule has 0 spiro atoms. The summed E-state index contributed by atoms with van der Waals surface area (Å²) in [7, 11) is 0. The number of aromatic nitrogens is 3. The second kappa shape index (κ2) is 11.3. The Hall–Kier alpha value is -2.56. The summed E-state index contributed by atoms with van der Waals surface area (Å²) in [6.45, 7) is 12.6. The Labute approximate surface area is 245 Å². The highest BCUT2D eigenvalue weighted by Gasteiger charge is 2.42. The van der Waals surface area contributed by atoms with Crippen molar-refractivity contribution in [3.63, 3.8) is 0 Å². The van der Waals surface area contributed by atoms with Gasteiger partial charge in [0.2, 0.25) is 5.95 Å². The van der Waals surface area contributed by atoms with Crippen LogP contribution in [0.5, 0.6) is 0 Å². The van der Waals surface area contributed by atoms with Gasteiger partial charge in [0.15, 0.2) is 5.43 Å². The van der Waals surface area contributed by atoms with Gasteiger partial charge in [-0.15, -0.1) is 0 Å². The lowest BCUT2D eigenvalue weighted by Gasteiger charge is -2.39. The van der Waals surface area contributed by atoms with Crippen molar-refractivity contribution in [1.82, 2.24) is 19.4 Å². The van der Waals surface area contributed by atoms with Gasteiger partial charge in [-0.05, 0) is 66.0 Å². The zero-order chi connectivity index (χ0) is 29.0. The topological polar surface area (TPSA) is 102 Å². The molecule has 1 aromatic carbocycles. The van der Waals surface area contributed by atoms with E-state index >= 15 is 0 Å². The van der Waals surface area contributed by atoms with E-state index in [4.69, 9.17) is 26.1 Å². The molecule has 41 heavy (non-hydrogen) atoms. The Bertz CT molecular complexity index is 1500. The fourth-order valence-electron chi connectivity index (χ4n) is 6.82. The van der Waals surface area contributed by atoms with Crippen molar-refractivity contribution in [2.75, 3.05) is 18.5 Å². The molecule has 5 heterocycles. The first-order chi connectivity index (χ1) is 19.6. The number of hydrogen-bond donors (Lipinski definition) is 2. The van der Waals surface area contributed by atoms with Crippen LogP contribution in [0.2, 0.25) is 5.02 Å². The minimum atomic E-state index is -0.615. The van der Waals surface area contributed by atoms with Gasteiger partial charge in [-0.25, -0.2) is 9.97 Å². The standard InChI is InChI=1S/C31H40ClN5O4/c1-16(2)37-25-10-20(6-8-22(25)29(38)19(5)26(37)13-36-17(3)14-40-15-18(36)4)28-23(32)12-33-31(35-28)34-24-11-21-7-9-27(41-21)30(24)39/h6,8,10,12,16-18,21,24,27,30,39H,7,9,11,13-15H2,1-5H3,(H,33,34,35)/t17-,18-,21?,24?,27?,30+/m0/s1. The lowest BCUT2D eigenvalue weighted by atomic mass is 10.0. The zero-order valence-electron chi connectivity index (χ0n) is 24.4. The number of ether oxygens (including phenoxy) is 2. The summed E-state index contributed by atoms with van der Waals surface area (Å²) in [5.41, 5.74) is 4.09. The second-order valence-electron chi connectivity index (χ2n) is 12.2. The number of halogens is 1. The molecule has 3 aromatic rings. The first kappa shape index (κ1) is 28.6. The van der Waals surface area contributed by atoms with Gasteiger partial charge >= 0.3 is 0 Å². The van der Waals surface area contributed by atoms with Crippen molar-refractivity contribution in [3.05, 3.63) is 50.9 Å². The van der Waals surface area contributed by atoms with E-state index in [1.54, 1.807) is 6.20 Å². The minimum absolute atomic E-state index is 0.0475. The normalized spacial score (nSPS) is 28.5. The van der Waals surface area contributed by atoms with Crippen LogP contribution in [-0.4, -0.2) is 74.2 Å². The van der Waals surface area contributed by atoms with E-state index in [0.717, 1.165) is 35.2 Å². The molecule has 3 saturated heterocycles. The second-order valence-corrected chi connectivity index (χ2v) is 12.7. The summed E-state index contributed by atoms with van der Waals surface area (Å²) >= 11 is 6.65. The minimum Gasteiger partial charge on any atom is -0.388 e. The number of fused-ring (bicyclic) bond motifs is 3. The maximum absolute atomic E-state index is 13.7. The Balaban J connectivity index is 1.40. The SMILES string of the molecule is Cc1c(CN2[C@@H](C)COC[C@@H]2C)n(C(C)C)c2cc(-c3nc(NC4CC5CCC(O5)[C@@H]4O)ncc3Cl)ccc2c1=O. The van der Waals surface area contributed by atoms with Crippen LogP contribution in [0.25, 0.3) is 22.2 Å². The summed E-state index contributed by atoms with van der Waals surface area (Å²) < 4.78 is 13.9. The van der Waals surface area contributed by atoms with Crippen LogP contribution in [0, 0.1) is 6.92 Å². The van der Waals surface area contributed by atoms with E-state index in [2.05, 4.69) is 47.5 Å². The number of pyridine rings is 1. The quantitative estimate of drug-likeness (QED) is 0.432. The number of rotatable bonds is 6. The maximum Gasteiger partial charge on any atom is 0.223 e. The third-order valence-corrected chi connectivity index (χ3v) is 9.32. The summed E-state index contributed by atoms with van der Waals surface area (Å²) in [6.07, 6.45) is 3.53. The Kier molecular flexibility index (Phi) is 7.84. The predicted molar refractivity (Wildman–Crippen MR) is 161 cm³/mol. The molecule has 2 aromatic heterocycles. The first-order valence-electron chi connectivity index (χ1n) is 14.8. The number of nitrogens with zero attached hydrogens (tertiary/aromatic N) is 4. The highest BCUT2D eigenvalue weighted by molar-refractivity contribution is 6.33. The molecule has 0 amide bonds. The van der Waals surface area contributed by atoms with Gasteiger partial charge in [-0.1, -0.05) is 17.7 Å². The van der Waals surface area contributed by atoms with E-state index in [1.807, 2.05) is 25.1 Å². The number of anilines is 1. The Morgan fingerprint density at radius 2 is 1.95 bits per heavy atom. The molecule has 0 radical (unpaired) electrons. The first-order valence-corrected chi connectivity index (χ1v) is 15.1. The molecule has 220 valence electrons. The van der Waals surface area contributed by atoms with Crippen molar-refractivity contribution in [3.8, 4) is 11.3 Å². The van der Waals surface area contributed by atoms with Gasteiger partial charge in [0.05, 0.1) is 53.9 Å². The lowest BCUT2D eigenvalue weighted by molar-refractivity contribution is -0.0811. The molecule has 3 fully saturated rings.